The van der Waals surface area contributed by atoms with E-state index < -0.39 is 0 Å². The number of nitrogens with two attached hydrogens (primary N) is 1. The lowest BCUT2D eigenvalue weighted by Gasteiger charge is -2.20. The van der Waals surface area contributed by atoms with Crippen LogP contribution in [0.15, 0.2) is 29.3 Å². The number of benzene rings is 1. The average Bonchev–Trinajstić information content (AvgIpc) is 2.38. The van der Waals surface area contributed by atoms with Crippen molar-refractivity contribution in [2.24, 2.45) is 16.6 Å². The van der Waals surface area contributed by atoms with Crippen LogP contribution in [0.5, 0.6) is 0 Å². The minimum absolute atomic E-state index is 0.201. The fourth-order valence-corrected chi connectivity index (χ4v) is 2.33. The first-order valence-electron chi connectivity index (χ1n) is 6.30. The molecule has 1 aliphatic rings. The van der Waals surface area contributed by atoms with Gasteiger partial charge in [-0.15, -0.1) is 0 Å². The van der Waals surface area contributed by atoms with E-state index in [1.807, 2.05) is 6.07 Å². The van der Waals surface area contributed by atoms with E-state index in [9.17, 15) is 4.39 Å². The lowest BCUT2D eigenvalue weighted by Crippen LogP contribution is -2.25. The van der Waals surface area contributed by atoms with Gasteiger partial charge in [-0.25, -0.2) is 4.39 Å². The maximum atomic E-state index is 13.4. The molecule has 0 aromatic heterocycles. The van der Waals surface area contributed by atoms with E-state index in [0.29, 0.717) is 23.9 Å². The lowest BCUT2D eigenvalue weighted by molar-refractivity contribution is 0.436. The van der Waals surface area contributed by atoms with Crippen molar-refractivity contribution in [3.8, 4) is 0 Å². The Bertz CT molecular complexity index is 395. The first kappa shape index (κ1) is 12.1. The summed E-state index contributed by atoms with van der Waals surface area (Å²) in [4.78, 5) is 4.33. The van der Waals surface area contributed by atoms with Gasteiger partial charge in [0.1, 0.15) is 5.82 Å². The molecule has 0 saturated heterocycles. The zero-order chi connectivity index (χ0) is 12.1. The molecule has 0 aliphatic heterocycles. The summed E-state index contributed by atoms with van der Waals surface area (Å²) >= 11 is 0. The Morgan fingerprint density at radius 2 is 1.94 bits per heavy atom. The van der Waals surface area contributed by atoms with Crippen LogP contribution in [0.3, 0.4) is 0 Å². The van der Waals surface area contributed by atoms with E-state index in [2.05, 4.69) is 4.99 Å². The van der Waals surface area contributed by atoms with Crippen LogP contribution >= 0.6 is 0 Å². The van der Waals surface area contributed by atoms with Gasteiger partial charge in [-0.2, -0.15) is 0 Å². The van der Waals surface area contributed by atoms with E-state index in [4.69, 9.17) is 5.73 Å². The van der Waals surface area contributed by atoms with Crippen molar-refractivity contribution in [1.29, 1.82) is 0 Å². The summed E-state index contributed by atoms with van der Waals surface area (Å²) in [5.74, 6) is 0.913. The Morgan fingerprint density at radius 3 is 2.65 bits per heavy atom. The van der Waals surface area contributed by atoms with Crippen molar-refractivity contribution in [3.63, 3.8) is 0 Å². The van der Waals surface area contributed by atoms with Crippen molar-refractivity contribution < 1.29 is 4.39 Å². The molecule has 2 N–H and O–H groups in total. The van der Waals surface area contributed by atoms with Crippen LogP contribution in [-0.4, -0.2) is 5.84 Å². The normalized spacial score (nSPS) is 18.3. The van der Waals surface area contributed by atoms with Gasteiger partial charge in [0.2, 0.25) is 0 Å². The number of nitrogens with zero attached hydrogens (tertiary/aromatic N) is 1. The molecular weight excluding hydrogens is 215 g/mol. The molecule has 1 fully saturated rings. The maximum Gasteiger partial charge on any atom is 0.128 e. The molecule has 0 unspecified atom stereocenters. The number of halogens is 1. The van der Waals surface area contributed by atoms with Crippen LogP contribution in [0, 0.1) is 11.7 Å². The SMILES string of the molecule is NC(=NCc1ccccc1F)C1CCCCC1. The molecule has 0 amide bonds. The Labute approximate surface area is 102 Å². The van der Waals surface area contributed by atoms with Crippen molar-refractivity contribution >= 4 is 5.84 Å². The molecule has 0 bridgehead atoms. The molecule has 0 heterocycles. The Morgan fingerprint density at radius 1 is 1.24 bits per heavy atom. The molecule has 17 heavy (non-hydrogen) atoms. The third-order valence-electron chi connectivity index (χ3n) is 3.41. The van der Waals surface area contributed by atoms with Crippen molar-refractivity contribution in [2.45, 2.75) is 38.6 Å². The highest BCUT2D eigenvalue weighted by Gasteiger charge is 2.16. The standard InChI is InChI=1S/C14H19FN2/c15-13-9-5-4-8-12(13)10-17-14(16)11-6-2-1-3-7-11/h4-5,8-9,11H,1-3,6-7,10H2,(H2,16,17). The quantitative estimate of drug-likeness (QED) is 0.632. The molecule has 3 heteroatoms. The molecule has 1 aromatic carbocycles. The molecule has 2 rings (SSSR count). The lowest BCUT2D eigenvalue weighted by atomic mass is 9.88. The van der Waals surface area contributed by atoms with E-state index in [0.717, 1.165) is 12.8 Å². The predicted molar refractivity (Wildman–Crippen MR) is 68.3 cm³/mol. The van der Waals surface area contributed by atoms with E-state index in [1.165, 1.54) is 25.3 Å². The minimum atomic E-state index is -0.201. The summed E-state index contributed by atoms with van der Waals surface area (Å²) in [5, 5.41) is 0. The summed E-state index contributed by atoms with van der Waals surface area (Å²) in [6.45, 7) is 0.356. The summed E-state index contributed by atoms with van der Waals surface area (Å²) < 4.78 is 13.4. The topological polar surface area (TPSA) is 38.4 Å². The number of hydrogen-bond acceptors (Lipinski definition) is 1. The number of hydrogen-bond donors (Lipinski definition) is 1. The second-order valence-corrected chi connectivity index (χ2v) is 4.67. The van der Waals surface area contributed by atoms with Gasteiger partial charge in [0.25, 0.3) is 0 Å². The van der Waals surface area contributed by atoms with Gasteiger partial charge < -0.3 is 5.73 Å². The third kappa shape index (κ3) is 3.29. The first-order valence-corrected chi connectivity index (χ1v) is 6.30. The molecule has 1 aliphatic carbocycles. The highest BCUT2D eigenvalue weighted by molar-refractivity contribution is 5.82. The number of amidine groups is 1. The Kier molecular flexibility index (Phi) is 4.13. The Balaban J connectivity index is 1.97. The predicted octanol–water partition coefficient (Wildman–Crippen LogP) is 3.26. The highest BCUT2D eigenvalue weighted by atomic mass is 19.1. The van der Waals surface area contributed by atoms with Crippen LogP contribution in [0.4, 0.5) is 4.39 Å². The summed E-state index contributed by atoms with van der Waals surface area (Å²) in [6.07, 6.45) is 6.04. The molecule has 92 valence electrons. The highest BCUT2D eigenvalue weighted by Crippen LogP contribution is 2.23. The first-order chi connectivity index (χ1) is 8.27. The summed E-state index contributed by atoms with van der Waals surface area (Å²) in [7, 11) is 0. The largest absolute Gasteiger partial charge is 0.387 e. The Hall–Kier alpha value is -1.38. The van der Waals surface area contributed by atoms with E-state index >= 15 is 0 Å². The van der Waals surface area contributed by atoms with Crippen LogP contribution in [0.1, 0.15) is 37.7 Å². The van der Waals surface area contributed by atoms with Crippen molar-refractivity contribution in [3.05, 3.63) is 35.6 Å². The number of rotatable bonds is 3. The van der Waals surface area contributed by atoms with Crippen molar-refractivity contribution in [2.75, 3.05) is 0 Å². The van der Waals surface area contributed by atoms with Crippen molar-refractivity contribution in [1.82, 2.24) is 0 Å². The third-order valence-corrected chi connectivity index (χ3v) is 3.41. The van der Waals surface area contributed by atoms with Gasteiger partial charge in [0.15, 0.2) is 0 Å². The van der Waals surface area contributed by atoms with Gasteiger partial charge in [-0.3, -0.25) is 4.99 Å². The second-order valence-electron chi connectivity index (χ2n) is 4.67. The summed E-state index contributed by atoms with van der Waals surface area (Å²) in [5.41, 5.74) is 6.59. The zero-order valence-electron chi connectivity index (χ0n) is 10.0. The minimum Gasteiger partial charge on any atom is -0.387 e. The van der Waals surface area contributed by atoms with Gasteiger partial charge >= 0.3 is 0 Å². The molecule has 0 atom stereocenters. The van der Waals surface area contributed by atoms with Crippen LogP contribution in [-0.2, 0) is 6.54 Å². The van der Waals surface area contributed by atoms with Gasteiger partial charge in [-0.05, 0) is 18.9 Å². The molecular formula is C14H19FN2. The molecule has 1 aromatic rings. The van der Waals surface area contributed by atoms with Crippen LogP contribution in [0.2, 0.25) is 0 Å². The van der Waals surface area contributed by atoms with E-state index in [-0.39, 0.29) is 5.82 Å². The molecule has 0 radical (unpaired) electrons. The van der Waals surface area contributed by atoms with E-state index in [1.54, 1.807) is 12.1 Å². The van der Waals surface area contributed by atoms with Gasteiger partial charge in [-0.1, -0.05) is 37.5 Å². The smallest absolute Gasteiger partial charge is 0.128 e. The van der Waals surface area contributed by atoms with Crippen LogP contribution in [0.25, 0.3) is 0 Å². The summed E-state index contributed by atoms with van der Waals surface area (Å²) in [6, 6.07) is 6.73. The molecule has 2 nitrogen and oxygen atoms in total. The van der Waals surface area contributed by atoms with Crippen LogP contribution < -0.4 is 5.73 Å². The zero-order valence-corrected chi connectivity index (χ0v) is 10.0. The fraction of sp³-hybridized carbons (Fsp3) is 0.500. The maximum absolute atomic E-state index is 13.4. The second kappa shape index (κ2) is 5.80. The average molecular weight is 234 g/mol. The monoisotopic (exact) mass is 234 g/mol. The number of aliphatic imine (C=N–C) groups is 1. The molecule has 0 spiro atoms. The molecule has 1 saturated carbocycles. The van der Waals surface area contributed by atoms with Gasteiger partial charge in [0.05, 0.1) is 12.4 Å². The fourth-order valence-electron chi connectivity index (χ4n) is 2.33. The van der Waals surface area contributed by atoms with Gasteiger partial charge in [0, 0.05) is 11.5 Å².